The van der Waals surface area contributed by atoms with E-state index in [9.17, 15) is 9.59 Å². The summed E-state index contributed by atoms with van der Waals surface area (Å²) in [6.07, 6.45) is 2.33. The molecule has 1 aromatic heterocycles. The summed E-state index contributed by atoms with van der Waals surface area (Å²) in [6, 6.07) is 20.7. The first-order valence-electron chi connectivity index (χ1n) is 8.78. The van der Waals surface area contributed by atoms with Gasteiger partial charge >= 0.3 is 0 Å². The number of pyridine rings is 1. The number of amides is 1. The quantitative estimate of drug-likeness (QED) is 0.626. The van der Waals surface area contributed by atoms with Gasteiger partial charge in [0.2, 0.25) is 0 Å². The van der Waals surface area contributed by atoms with Crippen molar-refractivity contribution in [1.82, 2.24) is 10.3 Å². The summed E-state index contributed by atoms with van der Waals surface area (Å²) in [5, 5.41) is 6.05. The van der Waals surface area contributed by atoms with Crippen LogP contribution in [0.1, 0.15) is 33.2 Å². The lowest BCUT2D eigenvalue weighted by atomic mass is 10.1. The number of benzene rings is 2. The molecule has 3 rings (SSSR count). The molecule has 27 heavy (non-hydrogen) atoms. The second-order valence-electron chi connectivity index (χ2n) is 6.18. The van der Waals surface area contributed by atoms with Gasteiger partial charge in [-0.05, 0) is 55.3 Å². The monoisotopic (exact) mass is 359 g/mol. The van der Waals surface area contributed by atoms with Gasteiger partial charge in [0.05, 0.1) is 5.56 Å². The van der Waals surface area contributed by atoms with Gasteiger partial charge < -0.3 is 10.6 Å². The van der Waals surface area contributed by atoms with Gasteiger partial charge in [0.1, 0.15) is 5.82 Å². The van der Waals surface area contributed by atoms with E-state index in [1.54, 1.807) is 30.5 Å². The number of hydrogen-bond donors (Lipinski definition) is 2. The third kappa shape index (κ3) is 5.25. The zero-order valence-electron chi connectivity index (χ0n) is 15.1. The van der Waals surface area contributed by atoms with Gasteiger partial charge in [0, 0.05) is 24.0 Å². The Hall–Kier alpha value is -3.47. The molecule has 0 saturated carbocycles. The molecule has 0 aliphatic carbocycles. The van der Waals surface area contributed by atoms with E-state index in [4.69, 9.17) is 0 Å². The van der Waals surface area contributed by atoms with Crippen LogP contribution < -0.4 is 10.6 Å². The SMILES string of the molecule is CC(=O)c1ccc(Nc2ccc(C(=O)NCCc3ccccc3)cn2)cc1. The lowest BCUT2D eigenvalue weighted by Gasteiger charge is -2.08. The molecule has 0 aliphatic heterocycles. The fourth-order valence-electron chi connectivity index (χ4n) is 2.61. The van der Waals surface area contributed by atoms with Crippen molar-refractivity contribution in [3.63, 3.8) is 0 Å². The molecule has 0 atom stereocenters. The number of nitrogens with zero attached hydrogens (tertiary/aromatic N) is 1. The molecule has 0 bridgehead atoms. The molecular weight excluding hydrogens is 338 g/mol. The maximum atomic E-state index is 12.2. The summed E-state index contributed by atoms with van der Waals surface area (Å²) >= 11 is 0. The van der Waals surface area contributed by atoms with Crippen molar-refractivity contribution < 1.29 is 9.59 Å². The minimum atomic E-state index is -0.143. The molecule has 136 valence electrons. The minimum Gasteiger partial charge on any atom is -0.352 e. The zero-order chi connectivity index (χ0) is 19.1. The molecule has 1 amide bonds. The van der Waals surface area contributed by atoms with Crippen LogP contribution in [0.25, 0.3) is 0 Å². The number of aromatic nitrogens is 1. The van der Waals surface area contributed by atoms with Crippen LogP contribution in [-0.2, 0) is 6.42 Å². The van der Waals surface area contributed by atoms with Crippen LogP contribution in [0.5, 0.6) is 0 Å². The smallest absolute Gasteiger partial charge is 0.252 e. The first kappa shape index (κ1) is 18.3. The predicted octanol–water partition coefficient (Wildman–Crippen LogP) is 4.00. The third-order valence-corrected chi connectivity index (χ3v) is 4.13. The largest absolute Gasteiger partial charge is 0.352 e. The Balaban J connectivity index is 1.53. The summed E-state index contributed by atoms with van der Waals surface area (Å²) in [7, 11) is 0. The van der Waals surface area contributed by atoms with Crippen molar-refractivity contribution >= 4 is 23.2 Å². The first-order chi connectivity index (χ1) is 13.1. The summed E-state index contributed by atoms with van der Waals surface area (Å²) in [5.41, 5.74) is 3.19. The highest BCUT2D eigenvalue weighted by atomic mass is 16.1. The molecule has 1 heterocycles. The fraction of sp³-hybridized carbons (Fsp3) is 0.136. The van der Waals surface area contributed by atoms with Crippen LogP contribution in [0.4, 0.5) is 11.5 Å². The van der Waals surface area contributed by atoms with Crippen molar-refractivity contribution in [1.29, 1.82) is 0 Å². The van der Waals surface area contributed by atoms with Crippen molar-refractivity contribution in [3.8, 4) is 0 Å². The summed E-state index contributed by atoms with van der Waals surface area (Å²) in [5.74, 6) is 0.518. The van der Waals surface area contributed by atoms with E-state index in [0.29, 0.717) is 23.5 Å². The molecule has 5 nitrogen and oxygen atoms in total. The van der Waals surface area contributed by atoms with Gasteiger partial charge in [0.15, 0.2) is 5.78 Å². The molecule has 3 aromatic rings. The lowest BCUT2D eigenvalue weighted by Crippen LogP contribution is -2.25. The molecule has 0 saturated heterocycles. The van der Waals surface area contributed by atoms with E-state index in [2.05, 4.69) is 15.6 Å². The molecule has 0 unspecified atom stereocenters. The van der Waals surface area contributed by atoms with Crippen molar-refractivity contribution in [2.45, 2.75) is 13.3 Å². The van der Waals surface area contributed by atoms with Crippen LogP contribution in [0.3, 0.4) is 0 Å². The number of nitrogens with one attached hydrogen (secondary N) is 2. The molecule has 2 N–H and O–H groups in total. The molecule has 0 aliphatic rings. The number of Topliss-reactive ketones (excluding diaryl/α,β-unsaturated/α-hetero) is 1. The molecular formula is C22H21N3O2. The van der Waals surface area contributed by atoms with Crippen molar-refractivity contribution in [2.24, 2.45) is 0 Å². The number of anilines is 2. The molecule has 0 radical (unpaired) electrons. The molecule has 0 spiro atoms. The van der Waals surface area contributed by atoms with Crippen molar-refractivity contribution in [3.05, 3.63) is 89.6 Å². The average Bonchev–Trinajstić information content (AvgIpc) is 2.70. The van der Waals surface area contributed by atoms with E-state index in [1.165, 1.54) is 12.5 Å². The molecule has 2 aromatic carbocycles. The van der Waals surface area contributed by atoms with Crippen LogP contribution in [-0.4, -0.2) is 23.2 Å². The van der Waals surface area contributed by atoms with Crippen LogP contribution in [0, 0.1) is 0 Å². The molecule has 0 fully saturated rings. The third-order valence-electron chi connectivity index (χ3n) is 4.13. The van der Waals surface area contributed by atoms with Gasteiger partial charge in [-0.1, -0.05) is 30.3 Å². The maximum absolute atomic E-state index is 12.2. The topological polar surface area (TPSA) is 71.1 Å². The standard InChI is InChI=1S/C22H21N3O2/c1-16(26)18-7-10-20(11-8-18)25-21-12-9-19(15-24-21)22(27)23-14-13-17-5-3-2-4-6-17/h2-12,15H,13-14H2,1H3,(H,23,27)(H,24,25). The zero-order valence-corrected chi connectivity index (χ0v) is 15.1. The Labute approximate surface area is 158 Å². The van der Waals surface area contributed by atoms with Crippen molar-refractivity contribution in [2.75, 3.05) is 11.9 Å². The Morgan fingerprint density at radius 2 is 1.59 bits per heavy atom. The second-order valence-corrected chi connectivity index (χ2v) is 6.18. The van der Waals surface area contributed by atoms with E-state index in [1.807, 2.05) is 42.5 Å². The van der Waals surface area contributed by atoms with Crippen LogP contribution in [0.15, 0.2) is 72.9 Å². The number of carbonyl (C=O) groups is 2. The van der Waals surface area contributed by atoms with Gasteiger partial charge in [0.25, 0.3) is 5.91 Å². The Morgan fingerprint density at radius 3 is 2.22 bits per heavy atom. The number of carbonyl (C=O) groups excluding carboxylic acids is 2. The Kier molecular flexibility index (Phi) is 5.94. The summed E-state index contributed by atoms with van der Waals surface area (Å²) < 4.78 is 0. The Bertz CT molecular complexity index is 905. The summed E-state index contributed by atoms with van der Waals surface area (Å²) in [4.78, 5) is 27.8. The van der Waals surface area contributed by atoms with Gasteiger partial charge in [-0.15, -0.1) is 0 Å². The number of hydrogen-bond acceptors (Lipinski definition) is 4. The van der Waals surface area contributed by atoms with Gasteiger partial charge in [-0.2, -0.15) is 0 Å². The first-order valence-corrected chi connectivity index (χ1v) is 8.78. The molecule has 5 heteroatoms. The van der Waals surface area contributed by atoms with Gasteiger partial charge in [-0.3, -0.25) is 9.59 Å². The highest BCUT2D eigenvalue weighted by Crippen LogP contribution is 2.16. The lowest BCUT2D eigenvalue weighted by molar-refractivity contribution is 0.0952. The highest BCUT2D eigenvalue weighted by Gasteiger charge is 2.06. The summed E-state index contributed by atoms with van der Waals surface area (Å²) in [6.45, 7) is 2.11. The fourth-order valence-corrected chi connectivity index (χ4v) is 2.61. The van der Waals surface area contributed by atoms with Gasteiger partial charge in [-0.25, -0.2) is 4.98 Å². The maximum Gasteiger partial charge on any atom is 0.252 e. The second kappa shape index (κ2) is 8.76. The highest BCUT2D eigenvalue weighted by molar-refractivity contribution is 5.95. The minimum absolute atomic E-state index is 0.0299. The number of ketones is 1. The van der Waals surface area contributed by atoms with E-state index in [0.717, 1.165) is 12.1 Å². The van der Waals surface area contributed by atoms with E-state index < -0.39 is 0 Å². The number of rotatable bonds is 7. The van der Waals surface area contributed by atoms with Crippen LogP contribution in [0.2, 0.25) is 0 Å². The van der Waals surface area contributed by atoms with E-state index in [-0.39, 0.29) is 11.7 Å². The Morgan fingerprint density at radius 1 is 0.889 bits per heavy atom. The normalized spacial score (nSPS) is 10.3. The average molecular weight is 359 g/mol. The van der Waals surface area contributed by atoms with E-state index >= 15 is 0 Å². The van der Waals surface area contributed by atoms with Crippen LogP contribution >= 0.6 is 0 Å². The predicted molar refractivity (Wildman–Crippen MR) is 106 cm³/mol.